The summed E-state index contributed by atoms with van der Waals surface area (Å²) in [5.74, 6) is 0. The van der Waals surface area contributed by atoms with Crippen LogP contribution in [0.15, 0.2) is 30.3 Å². The van der Waals surface area contributed by atoms with Crippen LogP contribution in [0.4, 0.5) is 4.79 Å². The Hall–Kier alpha value is -1.39. The first-order chi connectivity index (χ1) is 11.5. The molecule has 0 aromatic carbocycles. The van der Waals surface area contributed by atoms with E-state index >= 15 is 0 Å². The van der Waals surface area contributed by atoms with Gasteiger partial charge in [0.05, 0.1) is 19.8 Å². The van der Waals surface area contributed by atoms with Crippen molar-refractivity contribution in [2.75, 3.05) is 26.9 Å². The van der Waals surface area contributed by atoms with Crippen LogP contribution in [0, 0.1) is 0 Å². The fourth-order valence-electron chi connectivity index (χ4n) is 2.53. The van der Waals surface area contributed by atoms with Crippen molar-refractivity contribution < 1.29 is 29.2 Å². The van der Waals surface area contributed by atoms with Gasteiger partial charge in [0.2, 0.25) is 0 Å². The Balaban J connectivity index is 2.25. The summed E-state index contributed by atoms with van der Waals surface area (Å²) in [6.07, 6.45) is 0.458. The van der Waals surface area contributed by atoms with Gasteiger partial charge in [0, 0.05) is 7.05 Å². The number of thioether (sulfide) groups is 1. The molecule has 0 unspecified atom stereocenters. The molecule has 1 amide bonds. The van der Waals surface area contributed by atoms with Gasteiger partial charge in [-0.1, -0.05) is 23.9 Å². The molecule has 0 aromatic rings. The molecule has 2 aliphatic heterocycles. The van der Waals surface area contributed by atoms with E-state index in [9.17, 15) is 9.90 Å². The van der Waals surface area contributed by atoms with Gasteiger partial charge in [-0.05, 0) is 0 Å². The lowest BCUT2D eigenvalue weighted by Crippen LogP contribution is -2.58. The van der Waals surface area contributed by atoms with Crippen LogP contribution in [0.2, 0.25) is 0 Å². The van der Waals surface area contributed by atoms with E-state index in [4.69, 9.17) is 19.3 Å². The lowest BCUT2D eigenvalue weighted by Gasteiger charge is -2.41. The van der Waals surface area contributed by atoms with E-state index in [2.05, 4.69) is 18.2 Å². The number of rotatable bonds is 7. The van der Waals surface area contributed by atoms with Crippen LogP contribution in [0.1, 0.15) is 0 Å². The molecule has 1 fully saturated rings. The zero-order valence-electron chi connectivity index (χ0n) is 13.4. The van der Waals surface area contributed by atoms with Crippen molar-refractivity contribution in [3.63, 3.8) is 0 Å². The van der Waals surface area contributed by atoms with Gasteiger partial charge in [0.25, 0.3) is 0 Å². The SMILES string of the molecule is C=CCO[C@@H]1[C@H]2N=C(N(C)C(=O)O)S[C@H]2O[C@H](CO)[C@H]1OCC=C. The number of ether oxygens (including phenoxy) is 3. The lowest BCUT2D eigenvalue weighted by molar-refractivity contribution is -0.192. The van der Waals surface area contributed by atoms with E-state index < -0.39 is 35.9 Å². The highest BCUT2D eigenvalue weighted by molar-refractivity contribution is 8.14. The van der Waals surface area contributed by atoms with Crippen molar-refractivity contribution >= 4 is 23.0 Å². The summed E-state index contributed by atoms with van der Waals surface area (Å²) in [5.41, 5.74) is -0.447. The van der Waals surface area contributed by atoms with Gasteiger partial charge in [0.15, 0.2) is 5.17 Å². The first-order valence-electron chi connectivity index (χ1n) is 7.45. The van der Waals surface area contributed by atoms with Crippen LogP contribution in [0.25, 0.3) is 0 Å². The first-order valence-corrected chi connectivity index (χ1v) is 8.33. The Kier molecular flexibility index (Phi) is 6.81. The van der Waals surface area contributed by atoms with Gasteiger partial charge >= 0.3 is 6.09 Å². The number of amides is 1. The summed E-state index contributed by atoms with van der Waals surface area (Å²) >= 11 is 1.19. The second-order valence-corrected chi connectivity index (χ2v) is 6.33. The Labute approximate surface area is 144 Å². The van der Waals surface area contributed by atoms with Gasteiger partial charge in [-0.2, -0.15) is 0 Å². The second kappa shape index (κ2) is 8.63. The number of amidine groups is 1. The fraction of sp³-hybridized carbons (Fsp3) is 0.600. The number of fused-ring (bicyclic) bond motifs is 1. The first kappa shape index (κ1) is 18.9. The van der Waals surface area contributed by atoms with Gasteiger partial charge in [-0.3, -0.25) is 9.89 Å². The molecule has 0 aromatic heterocycles. The highest BCUT2D eigenvalue weighted by atomic mass is 32.2. The normalized spacial score (nSPS) is 31.9. The fourth-order valence-corrected chi connectivity index (χ4v) is 3.71. The molecule has 8 nitrogen and oxygen atoms in total. The highest BCUT2D eigenvalue weighted by Gasteiger charge is 2.51. The maximum absolute atomic E-state index is 11.1. The predicted octanol–water partition coefficient (Wildman–Crippen LogP) is 0.927. The molecular weight excluding hydrogens is 336 g/mol. The maximum atomic E-state index is 11.1. The van der Waals surface area contributed by atoms with Gasteiger partial charge in [-0.25, -0.2) is 4.79 Å². The zero-order valence-corrected chi connectivity index (χ0v) is 14.2. The molecule has 2 N–H and O–H groups in total. The van der Waals surface area contributed by atoms with Crippen molar-refractivity contribution in [3.8, 4) is 0 Å². The molecule has 134 valence electrons. The van der Waals surface area contributed by atoms with Gasteiger partial charge in [-0.15, -0.1) is 13.2 Å². The quantitative estimate of drug-likeness (QED) is 0.653. The summed E-state index contributed by atoms with van der Waals surface area (Å²) < 4.78 is 17.4. The van der Waals surface area contributed by atoms with E-state index in [0.717, 1.165) is 4.90 Å². The summed E-state index contributed by atoms with van der Waals surface area (Å²) in [4.78, 5) is 16.6. The largest absolute Gasteiger partial charge is 0.465 e. The number of carboxylic acid groups (broad SMARTS) is 1. The molecule has 5 atom stereocenters. The molecular formula is C15H22N2O6S. The van der Waals surface area contributed by atoms with Crippen LogP contribution in [0.3, 0.4) is 0 Å². The van der Waals surface area contributed by atoms with Crippen molar-refractivity contribution in [2.45, 2.75) is 29.8 Å². The lowest BCUT2D eigenvalue weighted by atomic mass is 9.98. The number of hydrogen-bond donors (Lipinski definition) is 2. The average Bonchev–Trinajstić information content (AvgIpc) is 3.00. The Morgan fingerprint density at radius 3 is 2.54 bits per heavy atom. The molecule has 24 heavy (non-hydrogen) atoms. The topological polar surface area (TPSA) is 101 Å². The minimum Gasteiger partial charge on any atom is -0.465 e. The van der Waals surface area contributed by atoms with Crippen LogP contribution in [-0.2, 0) is 14.2 Å². The van der Waals surface area contributed by atoms with E-state index in [1.165, 1.54) is 18.8 Å². The van der Waals surface area contributed by atoms with Crippen molar-refractivity contribution in [1.29, 1.82) is 0 Å². The minimum absolute atomic E-state index is 0.246. The number of nitrogens with zero attached hydrogens (tertiary/aromatic N) is 2. The molecule has 2 rings (SSSR count). The van der Waals surface area contributed by atoms with Crippen molar-refractivity contribution in [2.24, 2.45) is 4.99 Å². The molecule has 0 spiro atoms. The maximum Gasteiger partial charge on any atom is 0.413 e. The average molecular weight is 358 g/mol. The van der Waals surface area contributed by atoms with Gasteiger partial charge < -0.3 is 24.4 Å². The summed E-state index contributed by atoms with van der Waals surface area (Å²) in [6.45, 7) is 7.56. The Morgan fingerprint density at radius 1 is 1.38 bits per heavy atom. The second-order valence-electron chi connectivity index (χ2n) is 5.26. The van der Waals surface area contributed by atoms with Crippen LogP contribution in [-0.4, -0.2) is 83.0 Å². The van der Waals surface area contributed by atoms with E-state index in [-0.39, 0.29) is 19.8 Å². The molecule has 9 heteroatoms. The van der Waals surface area contributed by atoms with E-state index in [1.807, 2.05) is 0 Å². The Morgan fingerprint density at radius 2 is 2.00 bits per heavy atom. The van der Waals surface area contributed by atoms with E-state index in [1.54, 1.807) is 12.2 Å². The minimum atomic E-state index is -1.11. The molecule has 2 heterocycles. The molecule has 0 bridgehead atoms. The summed E-state index contributed by atoms with van der Waals surface area (Å²) in [5, 5.41) is 19.1. The third-order valence-corrected chi connectivity index (χ3v) is 4.87. The molecule has 2 aliphatic rings. The van der Waals surface area contributed by atoms with E-state index in [0.29, 0.717) is 5.17 Å². The van der Waals surface area contributed by atoms with Crippen LogP contribution in [0.5, 0.6) is 0 Å². The summed E-state index contributed by atoms with van der Waals surface area (Å²) in [6, 6.07) is -0.440. The zero-order chi connectivity index (χ0) is 17.7. The predicted molar refractivity (Wildman–Crippen MR) is 90.2 cm³/mol. The molecule has 1 saturated heterocycles. The van der Waals surface area contributed by atoms with Crippen LogP contribution < -0.4 is 0 Å². The summed E-state index contributed by atoms with van der Waals surface area (Å²) in [7, 11) is 1.42. The monoisotopic (exact) mass is 358 g/mol. The van der Waals surface area contributed by atoms with Crippen LogP contribution >= 0.6 is 11.8 Å². The number of carbonyl (C=O) groups is 1. The number of aliphatic imine (C=N–C) groups is 1. The number of aliphatic hydroxyl groups excluding tert-OH is 1. The third kappa shape index (κ3) is 3.98. The van der Waals surface area contributed by atoms with Crippen molar-refractivity contribution in [1.82, 2.24) is 4.90 Å². The van der Waals surface area contributed by atoms with Gasteiger partial charge in [0.1, 0.15) is 29.8 Å². The Bertz CT molecular complexity index is 514. The molecule has 0 radical (unpaired) electrons. The highest BCUT2D eigenvalue weighted by Crippen LogP contribution is 2.39. The smallest absolute Gasteiger partial charge is 0.413 e. The number of aliphatic hydroxyl groups is 1. The number of hydrogen-bond acceptors (Lipinski definition) is 7. The molecule has 0 aliphatic carbocycles. The third-order valence-electron chi connectivity index (χ3n) is 3.66. The van der Waals surface area contributed by atoms with Crippen molar-refractivity contribution in [3.05, 3.63) is 25.3 Å². The molecule has 0 saturated carbocycles. The standard InChI is InChI=1S/C15H22N2O6S/c1-4-6-21-11-9(8-18)23-13-10(12(11)22-7-5-2)16-14(24-13)17(3)15(19)20/h4-5,9-13,18H,1-2,6-8H2,3H3,(H,19,20)/t9-,10-,11-,12-,13-/m1/s1.